The summed E-state index contributed by atoms with van der Waals surface area (Å²) in [6.07, 6.45) is 0. The van der Waals surface area contributed by atoms with Gasteiger partial charge >= 0.3 is 0 Å². The highest BCUT2D eigenvalue weighted by molar-refractivity contribution is 5.73. The lowest BCUT2D eigenvalue weighted by molar-refractivity contribution is -0.361. The Morgan fingerprint density at radius 1 is 0.750 bits per heavy atom. The van der Waals surface area contributed by atoms with Crippen LogP contribution in [0.1, 0.15) is 13.8 Å². The molecule has 0 bridgehead atoms. The van der Waals surface area contributed by atoms with Crippen molar-refractivity contribution in [3.8, 4) is 0 Å². The Kier molecular flexibility index (Phi) is 5.30. The van der Waals surface area contributed by atoms with Gasteiger partial charge < -0.3 is 24.0 Å². The number of rotatable bonds is 1. The zero-order valence-electron chi connectivity index (χ0n) is 8.27. The van der Waals surface area contributed by atoms with Crippen LogP contribution in [-0.4, -0.2) is 5.71 Å². The van der Waals surface area contributed by atoms with Crippen LogP contribution < -0.4 is 29.0 Å². The highest BCUT2D eigenvalue weighted by Crippen LogP contribution is 2.23. The van der Waals surface area contributed by atoms with Crippen molar-refractivity contribution in [2.45, 2.75) is 13.8 Å². The van der Waals surface area contributed by atoms with Gasteiger partial charge in [0.15, 0.2) is 0 Å². The van der Waals surface area contributed by atoms with Crippen LogP contribution in [0.4, 0.5) is 27.6 Å². The molecule has 0 heterocycles. The molecular formula is C9H7F5IN. The molecule has 0 amide bonds. The van der Waals surface area contributed by atoms with Crippen LogP contribution in [-0.2, 0) is 0 Å². The average molecular weight is 351 g/mol. The topological polar surface area (TPSA) is 14.0 Å². The molecule has 7 heteroatoms. The second kappa shape index (κ2) is 5.55. The molecule has 0 aliphatic carbocycles. The summed E-state index contributed by atoms with van der Waals surface area (Å²) >= 11 is 0. The van der Waals surface area contributed by atoms with Gasteiger partial charge in [-0.2, -0.15) is 8.78 Å². The molecule has 0 aliphatic heterocycles. The van der Waals surface area contributed by atoms with Crippen molar-refractivity contribution in [2.24, 2.45) is 0 Å². The minimum atomic E-state index is -2.16. The van der Waals surface area contributed by atoms with E-state index in [2.05, 4.69) is 4.99 Å². The Balaban J connectivity index is 0.00000225. The van der Waals surface area contributed by atoms with Crippen LogP contribution in [0.2, 0.25) is 0 Å². The summed E-state index contributed by atoms with van der Waals surface area (Å²) in [5.74, 6) is -9.82. The van der Waals surface area contributed by atoms with Crippen molar-refractivity contribution in [3.05, 3.63) is 29.1 Å². The third kappa shape index (κ3) is 2.69. The Morgan fingerprint density at radius 2 is 1.06 bits per heavy atom. The minimum absolute atomic E-state index is 0. The van der Waals surface area contributed by atoms with Crippen molar-refractivity contribution in [1.82, 2.24) is 0 Å². The van der Waals surface area contributed by atoms with Gasteiger partial charge in [0, 0.05) is 13.8 Å². The number of benzene rings is 1. The molecule has 1 nitrogen and oxygen atoms in total. The van der Waals surface area contributed by atoms with E-state index in [9.17, 15) is 22.0 Å². The van der Waals surface area contributed by atoms with Crippen LogP contribution in [0.15, 0.2) is 0 Å². The molecule has 0 radical (unpaired) electrons. The molecule has 0 aliphatic rings. The summed E-state index contributed by atoms with van der Waals surface area (Å²) in [5, 5.41) is 0. The van der Waals surface area contributed by atoms with Crippen molar-refractivity contribution >= 4 is 11.4 Å². The van der Waals surface area contributed by atoms with Crippen molar-refractivity contribution in [2.75, 3.05) is 0 Å². The van der Waals surface area contributed by atoms with Crippen LogP contribution in [0.3, 0.4) is 0 Å². The summed E-state index contributed by atoms with van der Waals surface area (Å²) in [5.41, 5.74) is -0.732. The van der Waals surface area contributed by atoms with E-state index in [1.807, 2.05) is 0 Å². The van der Waals surface area contributed by atoms with E-state index in [0.29, 0.717) is 5.71 Å². The van der Waals surface area contributed by atoms with Crippen LogP contribution in [0.5, 0.6) is 0 Å². The standard InChI is InChI=1S/C9H6F5N.HI/c1-3(2)15-9-7(13)5(11)4(10)6(12)8(9)14;/h1-2H3;1H. The van der Waals surface area contributed by atoms with Crippen LogP contribution in [0.25, 0.3) is 0 Å². The smallest absolute Gasteiger partial charge is 0.282 e. The summed E-state index contributed by atoms with van der Waals surface area (Å²) < 4.78 is 63.8. The van der Waals surface area contributed by atoms with Gasteiger partial charge in [-0.15, -0.1) is 0 Å². The first kappa shape index (κ1) is 15.3. The van der Waals surface area contributed by atoms with E-state index in [-0.39, 0.29) is 24.0 Å². The highest BCUT2D eigenvalue weighted by Gasteiger charge is 2.29. The Morgan fingerprint density at radius 3 is 1.38 bits per heavy atom. The van der Waals surface area contributed by atoms with E-state index < -0.39 is 34.8 Å². The van der Waals surface area contributed by atoms with Gasteiger partial charge in [0.05, 0.1) is 0 Å². The lowest BCUT2D eigenvalue weighted by Crippen LogP contribution is -3.00. The fourth-order valence-corrected chi connectivity index (χ4v) is 0.965. The normalized spacial score (nSPS) is 9.69. The van der Waals surface area contributed by atoms with Crippen LogP contribution in [0, 0.1) is 29.1 Å². The molecule has 0 atom stereocenters. The quantitative estimate of drug-likeness (QED) is 0.210. The van der Waals surface area contributed by atoms with Crippen molar-refractivity contribution in [3.63, 3.8) is 0 Å². The Hall–Kier alpha value is -0.730. The lowest BCUT2D eigenvalue weighted by Gasteiger charge is -1.99. The fourth-order valence-electron chi connectivity index (χ4n) is 0.965. The summed E-state index contributed by atoms with van der Waals surface area (Å²) in [7, 11) is 0. The number of halogens is 6. The molecule has 90 valence electrons. The van der Waals surface area contributed by atoms with E-state index >= 15 is 0 Å². The van der Waals surface area contributed by atoms with Gasteiger partial charge in [-0.1, -0.05) is 0 Å². The van der Waals surface area contributed by atoms with Gasteiger partial charge in [0.2, 0.25) is 29.1 Å². The first-order valence-corrected chi connectivity index (χ1v) is 3.94. The largest absolute Gasteiger partial charge is 1.00 e. The maximum atomic E-state index is 13.0. The SMILES string of the molecule is CC(C)=[NH+]c1c(F)c(F)c(F)c(F)c1F.[I-]. The summed E-state index contributed by atoms with van der Waals surface area (Å²) in [6.45, 7) is 2.86. The van der Waals surface area contributed by atoms with Crippen molar-refractivity contribution in [1.29, 1.82) is 0 Å². The van der Waals surface area contributed by atoms with Gasteiger partial charge in [-0.25, -0.2) is 18.2 Å². The van der Waals surface area contributed by atoms with Crippen LogP contribution >= 0.6 is 0 Å². The number of hydrogen-bond donors (Lipinski definition) is 1. The second-order valence-corrected chi connectivity index (χ2v) is 3.07. The van der Waals surface area contributed by atoms with Crippen molar-refractivity contribution < 1.29 is 50.9 Å². The second-order valence-electron chi connectivity index (χ2n) is 3.07. The van der Waals surface area contributed by atoms with E-state index in [0.717, 1.165) is 0 Å². The molecule has 1 N–H and O–H groups in total. The Bertz CT molecular complexity index is 411. The molecule has 0 spiro atoms. The first-order valence-electron chi connectivity index (χ1n) is 3.94. The molecule has 1 aromatic rings. The van der Waals surface area contributed by atoms with Gasteiger partial charge in [-0.05, 0) is 0 Å². The Labute approximate surface area is 105 Å². The predicted molar refractivity (Wildman–Crippen MR) is 43.2 cm³/mol. The third-order valence-corrected chi connectivity index (χ3v) is 1.58. The van der Waals surface area contributed by atoms with E-state index in [4.69, 9.17) is 0 Å². The molecule has 16 heavy (non-hydrogen) atoms. The summed E-state index contributed by atoms with van der Waals surface area (Å²) in [6, 6.07) is 0. The molecule has 0 unspecified atom stereocenters. The summed E-state index contributed by atoms with van der Waals surface area (Å²) in [4.78, 5) is 2.07. The molecular weight excluding hydrogens is 344 g/mol. The number of nitrogens with one attached hydrogen (secondary N) is 1. The maximum absolute atomic E-state index is 13.0. The molecule has 1 aromatic carbocycles. The number of hydrogen-bond acceptors (Lipinski definition) is 0. The maximum Gasteiger partial charge on any atom is 0.282 e. The average Bonchev–Trinajstić information content (AvgIpc) is 2.18. The lowest BCUT2D eigenvalue weighted by atomic mass is 10.2. The third-order valence-electron chi connectivity index (χ3n) is 1.58. The molecule has 0 aromatic heterocycles. The highest BCUT2D eigenvalue weighted by atomic mass is 127. The zero-order chi connectivity index (χ0) is 11.7. The predicted octanol–water partition coefficient (Wildman–Crippen LogP) is -1.42. The molecule has 1 rings (SSSR count). The fraction of sp³-hybridized carbons (Fsp3) is 0.222. The zero-order valence-corrected chi connectivity index (χ0v) is 10.4. The monoisotopic (exact) mass is 351 g/mol. The van der Waals surface area contributed by atoms with Gasteiger partial charge in [0.25, 0.3) is 5.69 Å². The molecule has 0 saturated heterocycles. The van der Waals surface area contributed by atoms with Gasteiger partial charge in [-0.3, -0.25) is 0 Å². The first-order chi connectivity index (χ1) is 6.86. The van der Waals surface area contributed by atoms with E-state index in [1.54, 1.807) is 0 Å². The molecule has 0 fully saturated rings. The molecule has 0 saturated carbocycles. The van der Waals surface area contributed by atoms with Gasteiger partial charge in [0.1, 0.15) is 5.71 Å². The van der Waals surface area contributed by atoms with E-state index in [1.165, 1.54) is 13.8 Å². The minimum Gasteiger partial charge on any atom is -1.00 e.